The molecule has 1 aliphatic rings. The van der Waals surface area contributed by atoms with E-state index in [9.17, 15) is 0 Å². The summed E-state index contributed by atoms with van der Waals surface area (Å²) in [5, 5.41) is 4.85. The normalized spacial score (nSPS) is 15.6. The molecule has 0 radical (unpaired) electrons. The number of hydrogen-bond acceptors (Lipinski definition) is 3. The van der Waals surface area contributed by atoms with Crippen LogP contribution in [0.3, 0.4) is 0 Å². The van der Waals surface area contributed by atoms with Crippen molar-refractivity contribution in [1.29, 1.82) is 0 Å². The molecule has 0 bridgehead atoms. The Morgan fingerprint density at radius 3 is 2.37 bits per heavy atom. The first-order valence-corrected chi connectivity index (χ1v) is 9.51. The molecule has 2 N–H and O–H groups in total. The van der Waals surface area contributed by atoms with Crippen LogP contribution < -0.4 is 5.73 Å². The summed E-state index contributed by atoms with van der Waals surface area (Å²) in [5.74, 6) is 0. The van der Waals surface area contributed by atoms with E-state index in [0.717, 1.165) is 35.2 Å². The van der Waals surface area contributed by atoms with Gasteiger partial charge in [0.2, 0.25) is 0 Å². The third kappa shape index (κ3) is 2.73. The Labute approximate surface area is 162 Å². The number of halogens is 1. The standard InChI is InChI=1S/C22H19ClN4/c23-19-13-25-27-14-18(15-5-2-1-3-6-15)20(26-21(19)27)16-7-9-17(10-8-16)22(24)11-4-12-22/h1-3,5-10,13-14H,4,11-12,24H2. The minimum atomic E-state index is -0.160. The molecule has 0 unspecified atom stereocenters. The van der Waals surface area contributed by atoms with Gasteiger partial charge < -0.3 is 5.73 Å². The van der Waals surface area contributed by atoms with Crippen molar-refractivity contribution in [3.05, 3.63) is 77.6 Å². The molecule has 0 aliphatic heterocycles. The Hall–Kier alpha value is -2.69. The lowest BCUT2D eigenvalue weighted by Gasteiger charge is -2.38. The fourth-order valence-corrected chi connectivity index (χ4v) is 3.91. The monoisotopic (exact) mass is 374 g/mol. The maximum Gasteiger partial charge on any atom is 0.174 e. The fourth-order valence-electron chi connectivity index (χ4n) is 3.74. The number of nitrogens with zero attached hydrogens (tertiary/aromatic N) is 3. The van der Waals surface area contributed by atoms with Crippen molar-refractivity contribution in [1.82, 2.24) is 14.6 Å². The zero-order valence-electron chi connectivity index (χ0n) is 14.8. The van der Waals surface area contributed by atoms with E-state index in [0.29, 0.717) is 10.7 Å². The van der Waals surface area contributed by atoms with E-state index in [1.807, 2.05) is 24.4 Å². The third-order valence-corrected chi connectivity index (χ3v) is 5.78. The van der Waals surface area contributed by atoms with E-state index in [1.165, 1.54) is 12.0 Å². The van der Waals surface area contributed by atoms with Gasteiger partial charge in [-0.05, 0) is 30.4 Å². The van der Waals surface area contributed by atoms with Crippen molar-refractivity contribution in [2.24, 2.45) is 5.73 Å². The average Bonchev–Trinajstić information content (AvgIpc) is 3.06. The summed E-state index contributed by atoms with van der Waals surface area (Å²) >= 11 is 6.28. The molecule has 5 heteroatoms. The molecule has 2 aromatic heterocycles. The number of benzene rings is 2. The maximum atomic E-state index is 6.47. The van der Waals surface area contributed by atoms with E-state index < -0.39 is 0 Å². The lowest BCUT2D eigenvalue weighted by atomic mass is 9.72. The van der Waals surface area contributed by atoms with Crippen molar-refractivity contribution >= 4 is 17.2 Å². The van der Waals surface area contributed by atoms with Crippen LogP contribution in [-0.4, -0.2) is 14.6 Å². The summed E-state index contributed by atoms with van der Waals surface area (Å²) in [5.41, 5.74) is 12.2. The predicted molar refractivity (Wildman–Crippen MR) is 109 cm³/mol. The quantitative estimate of drug-likeness (QED) is 0.545. The Bertz CT molecular complexity index is 1110. The minimum Gasteiger partial charge on any atom is -0.321 e. The van der Waals surface area contributed by atoms with E-state index >= 15 is 0 Å². The SMILES string of the molecule is NC1(c2ccc(-c3nc4c(Cl)cnn4cc3-c3ccccc3)cc2)CCC1. The first-order chi connectivity index (χ1) is 13.1. The highest BCUT2D eigenvalue weighted by molar-refractivity contribution is 6.33. The molecule has 1 fully saturated rings. The van der Waals surface area contributed by atoms with Gasteiger partial charge in [-0.3, -0.25) is 0 Å². The van der Waals surface area contributed by atoms with Crippen molar-refractivity contribution in [2.75, 3.05) is 0 Å². The summed E-state index contributed by atoms with van der Waals surface area (Å²) in [4.78, 5) is 4.84. The number of hydrogen-bond donors (Lipinski definition) is 1. The zero-order valence-corrected chi connectivity index (χ0v) is 15.5. The minimum absolute atomic E-state index is 0.160. The molecule has 0 spiro atoms. The van der Waals surface area contributed by atoms with E-state index in [2.05, 4.69) is 41.5 Å². The highest BCUT2D eigenvalue weighted by atomic mass is 35.5. The predicted octanol–water partition coefficient (Wildman–Crippen LogP) is 5.05. The number of rotatable bonds is 3. The van der Waals surface area contributed by atoms with Gasteiger partial charge in [0.1, 0.15) is 5.02 Å². The maximum absolute atomic E-state index is 6.47. The van der Waals surface area contributed by atoms with Crippen LogP contribution in [0.15, 0.2) is 67.0 Å². The average molecular weight is 375 g/mol. The highest BCUT2D eigenvalue weighted by Crippen LogP contribution is 2.40. The van der Waals surface area contributed by atoms with Crippen molar-refractivity contribution in [2.45, 2.75) is 24.8 Å². The Morgan fingerprint density at radius 1 is 0.963 bits per heavy atom. The number of nitrogens with two attached hydrogens (primary N) is 1. The number of fused-ring (bicyclic) bond motifs is 1. The molecular formula is C22H19ClN4. The van der Waals surface area contributed by atoms with Crippen LogP contribution in [0.25, 0.3) is 28.0 Å². The third-order valence-electron chi connectivity index (χ3n) is 5.51. The summed E-state index contributed by atoms with van der Waals surface area (Å²) in [7, 11) is 0. The van der Waals surface area contributed by atoms with Gasteiger partial charge in [-0.2, -0.15) is 5.10 Å². The fraction of sp³-hybridized carbons (Fsp3) is 0.182. The summed E-state index contributed by atoms with van der Waals surface area (Å²) in [6.45, 7) is 0. The van der Waals surface area contributed by atoms with Gasteiger partial charge in [-0.15, -0.1) is 0 Å². The molecule has 1 saturated carbocycles. The van der Waals surface area contributed by atoms with Gasteiger partial charge in [0, 0.05) is 22.9 Å². The molecule has 134 valence electrons. The molecule has 27 heavy (non-hydrogen) atoms. The molecule has 4 nitrogen and oxygen atoms in total. The molecule has 2 heterocycles. The van der Waals surface area contributed by atoms with Gasteiger partial charge >= 0.3 is 0 Å². The van der Waals surface area contributed by atoms with Crippen LogP contribution >= 0.6 is 11.6 Å². The Balaban J connectivity index is 1.68. The smallest absolute Gasteiger partial charge is 0.174 e. The van der Waals surface area contributed by atoms with Crippen LogP contribution in [0, 0.1) is 0 Å². The lowest BCUT2D eigenvalue weighted by molar-refractivity contribution is 0.253. The van der Waals surface area contributed by atoms with Crippen LogP contribution in [0.1, 0.15) is 24.8 Å². The van der Waals surface area contributed by atoms with Crippen LogP contribution in [0.4, 0.5) is 0 Å². The molecule has 1 aliphatic carbocycles. The van der Waals surface area contributed by atoms with Gasteiger partial charge in [0.15, 0.2) is 5.65 Å². The van der Waals surface area contributed by atoms with E-state index in [1.54, 1.807) is 10.7 Å². The van der Waals surface area contributed by atoms with Gasteiger partial charge in [0.05, 0.1) is 11.9 Å². The van der Waals surface area contributed by atoms with E-state index in [-0.39, 0.29) is 5.54 Å². The molecule has 4 aromatic rings. The summed E-state index contributed by atoms with van der Waals surface area (Å²) in [6.07, 6.45) is 6.92. The van der Waals surface area contributed by atoms with Gasteiger partial charge in [-0.25, -0.2) is 9.50 Å². The van der Waals surface area contributed by atoms with Crippen LogP contribution in [-0.2, 0) is 5.54 Å². The Kier molecular flexibility index (Phi) is 3.78. The van der Waals surface area contributed by atoms with Gasteiger partial charge in [0.25, 0.3) is 0 Å². The van der Waals surface area contributed by atoms with Crippen LogP contribution in [0.5, 0.6) is 0 Å². The molecule has 0 saturated heterocycles. The lowest BCUT2D eigenvalue weighted by Crippen LogP contribution is -2.43. The van der Waals surface area contributed by atoms with E-state index in [4.69, 9.17) is 22.3 Å². The summed E-state index contributed by atoms with van der Waals surface area (Å²) in [6, 6.07) is 18.7. The second-order valence-corrected chi connectivity index (χ2v) is 7.62. The zero-order chi connectivity index (χ0) is 18.4. The Morgan fingerprint density at radius 2 is 1.70 bits per heavy atom. The van der Waals surface area contributed by atoms with Crippen molar-refractivity contribution in [3.8, 4) is 22.4 Å². The van der Waals surface area contributed by atoms with Crippen molar-refractivity contribution < 1.29 is 0 Å². The molecule has 0 atom stereocenters. The number of aromatic nitrogens is 3. The second kappa shape index (κ2) is 6.19. The largest absolute Gasteiger partial charge is 0.321 e. The molecule has 2 aromatic carbocycles. The molecule has 5 rings (SSSR count). The van der Waals surface area contributed by atoms with Crippen molar-refractivity contribution in [3.63, 3.8) is 0 Å². The molecular weight excluding hydrogens is 356 g/mol. The topological polar surface area (TPSA) is 56.2 Å². The second-order valence-electron chi connectivity index (χ2n) is 7.22. The van der Waals surface area contributed by atoms with Crippen LogP contribution in [0.2, 0.25) is 5.02 Å². The molecule has 0 amide bonds. The summed E-state index contributed by atoms with van der Waals surface area (Å²) < 4.78 is 1.73. The van der Waals surface area contributed by atoms with Gasteiger partial charge in [-0.1, -0.05) is 66.2 Å². The first-order valence-electron chi connectivity index (χ1n) is 9.13. The highest BCUT2D eigenvalue weighted by Gasteiger charge is 2.34. The first kappa shape index (κ1) is 16.5.